The van der Waals surface area contributed by atoms with Crippen LogP contribution in [0, 0.1) is 0 Å². The van der Waals surface area contributed by atoms with Crippen LogP contribution >= 0.6 is 23.2 Å². The number of carbonyl (C=O) groups is 2. The number of H-pyrrole nitrogens is 1. The summed E-state index contributed by atoms with van der Waals surface area (Å²) in [6.07, 6.45) is 2.84. The van der Waals surface area contributed by atoms with Crippen molar-refractivity contribution in [3.63, 3.8) is 0 Å². The topological polar surface area (TPSA) is 80.4 Å². The van der Waals surface area contributed by atoms with Crippen molar-refractivity contribution in [2.45, 2.75) is 6.92 Å². The molecule has 2 aromatic carbocycles. The number of aromatic nitrogens is 1. The van der Waals surface area contributed by atoms with Gasteiger partial charge in [0.25, 0.3) is 0 Å². The number of benzene rings is 2. The summed E-state index contributed by atoms with van der Waals surface area (Å²) < 4.78 is 10.2. The molecule has 0 unspecified atom stereocenters. The number of hydrogen-bond donors (Lipinski definition) is 2. The van der Waals surface area contributed by atoms with Crippen molar-refractivity contribution >= 4 is 57.7 Å². The van der Waals surface area contributed by atoms with Gasteiger partial charge in [-0.2, -0.15) is 0 Å². The molecule has 0 saturated heterocycles. The van der Waals surface area contributed by atoms with E-state index in [4.69, 9.17) is 32.7 Å². The number of anilines is 1. The van der Waals surface area contributed by atoms with Gasteiger partial charge in [0.1, 0.15) is 11.4 Å². The molecule has 1 heterocycles. The first-order chi connectivity index (χ1) is 13.9. The number of fused-ring (bicyclic) bond motifs is 1. The van der Waals surface area contributed by atoms with E-state index in [2.05, 4.69) is 10.3 Å². The third kappa shape index (κ3) is 4.72. The lowest BCUT2D eigenvalue weighted by Crippen LogP contribution is -2.08. The van der Waals surface area contributed by atoms with Crippen LogP contribution in [0.2, 0.25) is 10.0 Å². The molecule has 3 rings (SSSR count). The molecule has 0 radical (unpaired) electrons. The second kappa shape index (κ2) is 9.03. The van der Waals surface area contributed by atoms with E-state index in [0.717, 1.165) is 0 Å². The Labute approximate surface area is 177 Å². The molecule has 150 valence electrons. The fourth-order valence-electron chi connectivity index (χ4n) is 2.82. The number of esters is 1. The molecule has 0 aliphatic rings. The van der Waals surface area contributed by atoms with Crippen LogP contribution in [0.1, 0.15) is 23.0 Å². The van der Waals surface area contributed by atoms with Crippen LogP contribution in [0.15, 0.2) is 42.5 Å². The molecular formula is C21H18Cl2N2O4. The Hall–Kier alpha value is -2.96. The van der Waals surface area contributed by atoms with Crippen molar-refractivity contribution in [1.82, 2.24) is 4.98 Å². The lowest BCUT2D eigenvalue weighted by Gasteiger charge is -2.04. The Morgan fingerprint density at radius 2 is 1.90 bits per heavy atom. The van der Waals surface area contributed by atoms with Gasteiger partial charge in [-0.1, -0.05) is 23.2 Å². The summed E-state index contributed by atoms with van der Waals surface area (Å²) in [4.78, 5) is 27.7. The van der Waals surface area contributed by atoms with Gasteiger partial charge in [0, 0.05) is 33.3 Å². The van der Waals surface area contributed by atoms with Gasteiger partial charge in [-0.05, 0) is 49.4 Å². The van der Waals surface area contributed by atoms with E-state index in [1.807, 2.05) is 0 Å². The van der Waals surface area contributed by atoms with Gasteiger partial charge in [0.2, 0.25) is 5.91 Å². The number of carbonyl (C=O) groups excluding carboxylic acids is 2. The van der Waals surface area contributed by atoms with E-state index >= 15 is 0 Å². The Kier molecular flexibility index (Phi) is 6.46. The molecule has 29 heavy (non-hydrogen) atoms. The predicted molar refractivity (Wildman–Crippen MR) is 115 cm³/mol. The molecule has 0 aliphatic heterocycles. The smallest absolute Gasteiger partial charge is 0.355 e. The van der Waals surface area contributed by atoms with E-state index in [-0.39, 0.29) is 18.2 Å². The molecule has 0 saturated carbocycles. The number of hydrogen-bond acceptors (Lipinski definition) is 4. The number of aromatic amines is 1. The molecule has 1 aromatic heterocycles. The summed E-state index contributed by atoms with van der Waals surface area (Å²) >= 11 is 12.4. The van der Waals surface area contributed by atoms with Gasteiger partial charge in [-0.15, -0.1) is 0 Å². The molecule has 6 nitrogen and oxygen atoms in total. The highest BCUT2D eigenvalue weighted by molar-refractivity contribution is 6.39. The van der Waals surface area contributed by atoms with Crippen molar-refractivity contribution in [2.75, 3.05) is 19.0 Å². The predicted octanol–water partition coefficient (Wildman–Crippen LogP) is 5.31. The van der Waals surface area contributed by atoms with Crippen LogP contribution in [-0.4, -0.2) is 30.6 Å². The maximum Gasteiger partial charge on any atom is 0.355 e. The first-order valence-electron chi connectivity index (χ1n) is 8.74. The average Bonchev–Trinajstić information content (AvgIpc) is 3.06. The Bertz CT molecular complexity index is 1090. The van der Waals surface area contributed by atoms with Crippen LogP contribution in [-0.2, 0) is 9.53 Å². The molecular weight excluding hydrogens is 415 g/mol. The van der Waals surface area contributed by atoms with Gasteiger partial charge >= 0.3 is 5.97 Å². The number of ether oxygens (including phenoxy) is 2. The zero-order chi connectivity index (χ0) is 21.0. The number of rotatable bonds is 6. The van der Waals surface area contributed by atoms with Crippen molar-refractivity contribution in [1.29, 1.82) is 0 Å². The molecule has 0 aliphatic carbocycles. The van der Waals surface area contributed by atoms with E-state index in [9.17, 15) is 9.59 Å². The minimum Gasteiger partial charge on any atom is -0.497 e. The van der Waals surface area contributed by atoms with E-state index in [0.29, 0.717) is 37.9 Å². The molecule has 0 atom stereocenters. The molecule has 8 heteroatoms. The van der Waals surface area contributed by atoms with Gasteiger partial charge in [-0.3, -0.25) is 4.79 Å². The minimum atomic E-state index is -0.550. The quantitative estimate of drug-likeness (QED) is 0.408. The van der Waals surface area contributed by atoms with Crippen LogP contribution < -0.4 is 10.1 Å². The summed E-state index contributed by atoms with van der Waals surface area (Å²) in [5, 5.41) is 4.10. The fraction of sp³-hybridized carbons (Fsp3) is 0.143. The van der Waals surface area contributed by atoms with Crippen molar-refractivity contribution in [3.05, 3.63) is 63.8 Å². The third-order valence-corrected chi connectivity index (χ3v) is 4.61. The Morgan fingerprint density at radius 1 is 1.17 bits per heavy atom. The summed E-state index contributed by atoms with van der Waals surface area (Å²) in [5.74, 6) is -0.236. The van der Waals surface area contributed by atoms with Gasteiger partial charge in [0.15, 0.2) is 0 Å². The van der Waals surface area contributed by atoms with Crippen LogP contribution in [0.5, 0.6) is 5.75 Å². The fourth-order valence-corrected chi connectivity index (χ4v) is 3.42. The second-order valence-corrected chi connectivity index (χ2v) is 6.84. The number of amides is 1. The number of methoxy groups -OCH3 is 1. The summed E-state index contributed by atoms with van der Waals surface area (Å²) in [6, 6.07) is 10.1. The summed E-state index contributed by atoms with van der Waals surface area (Å²) in [5.41, 5.74) is 1.82. The molecule has 1 amide bonds. The highest BCUT2D eigenvalue weighted by atomic mass is 35.5. The minimum absolute atomic E-state index is 0.194. The van der Waals surface area contributed by atoms with E-state index in [1.54, 1.807) is 50.4 Å². The zero-order valence-corrected chi connectivity index (χ0v) is 17.2. The lowest BCUT2D eigenvalue weighted by molar-refractivity contribution is -0.111. The van der Waals surface area contributed by atoms with E-state index < -0.39 is 5.97 Å². The first kappa shape index (κ1) is 20.8. The van der Waals surface area contributed by atoms with Gasteiger partial charge in [0.05, 0.1) is 18.7 Å². The van der Waals surface area contributed by atoms with Crippen molar-refractivity contribution in [2.24, 2.45) is 0 Å². The number of halogens is 2. The standard InChI is InChI=1S/C21H18Cl2N2O4/c1-3-29-21(27)20-15(19-16(23)10-12(22)11-17(19)25-20)8-9-18(26)24-13-4-6-14(28-2)7-5-13/h4-11,25H,3H2,1-2H3,(H,24,26)/b9-8+. The summed E-state index contributed by atoms with van der Waals surface area (Å²) in [7, 11) is 1.57. The third-order valence-electron chi connectivity index (χ3n) is 4.09. The average molecular weight is 433 g/mol. The number of nitrogens with one attached hydrogen (secondary N) is 2. The molecule has 0 fully saturated rings. The van der Waals surface area contributed by atoms with Crippen LogP contribution in [0.3, 0.4) is 0 Å². The maximum atomic E-state index is 12.4. The normalized spacial score (nSPS) is 11.0. The van der Waals surface area contributed by atoms with Crippen LogP contribution in [0.25, 0.3) is 17.0 Å². The van der Waals surface area contributed by atoms with Crippen molar-refractivity contribution in [3.8, 4) is 5.75 Å². The second-order valence-electron chi connectivity index (χ2n) is 6.00. The largest absolute Gasteiger partial charge is 0.497 e. The Morgan fingerprint density at radius 3 is 2.55 bits per heavy atom. The first-order valence-corrected chi connectivity index (χ1v) is 9.49. The van der Waals surface area contributed by atoms with Crippen molar-refractivity contribution < 1.29 is 19.1 Å². The van der Waals surface area contributed by atoms with Crippen LogP contribution in [0.4, 0.5) is 5.69 Å². The molecule has 0 bridgehead atoms. The zero-order valence-electron chi connectivity index (χ0n) is 15.7. The molecule has 3 aromatic rings. The highest BCUT2D eigenvalue weighted by Gasteiger charge is 2.19. The van der Waals surface area contributed by atoms with Gasteiger partial charge in [-0.25, -0.2) is 4.79 Å². The highest BCUT2D eigenvalue weighted by Crippen LogP contribution is 2.33. The van der Waals surface area contributed by atoms with E-state index in [1.165, 1.54) is 12.2 Å². The summed E-state index contributed by atoms with van der Waals surface area (Å²) in [6.45, 7) is 1.92. The monoisotopic (exact) mass is 432 g/mol. The Balaban J connectivity index is 1.93. The lowest BCUT2D eigenvalue weighted by atomic mass is 10.1. The SMILES string of the molecule is CCOC(=O)c1[nH]c2cc(Cl)cc(Cl)c2c1/C=C/C(=O)Nc1ccc(OC)cc1. The molecule has 2 N–H and O–H groups in total. The van der Waals surface area contributed by atoms with Gasteiger partial charge < -0.3 is 19.8 Å². The maximum absolute atomic E-state index is 12.4. The molecule has 0 spiro atoms.